The summed E-state index contributed by atoms with van der Waals surface area (Å²) in [5, 5.41) is 0. The first kappa shape index (κ1) is 1.41. The van der Waals surface area contributed by atoms with Gasteiger partial charge < -0.3 is 0 Å². The molecule has 0 unspecified atom stereocenters. The molecule has 7 heavy (non-hydrogen) atoms. The van der Waals surface area contributed by atoms with Gasteiger partial charge in [-0.2, -0.15) is 0 Å². The Morgan fingerprint density at radius 3 is 2.14 bits per heavy atom. The molecular weight excluding hydrogens is 92.1 g/mol. The third-order valence-electron chi connectivity index (χ3n) is 0.321. The molecule has 0 fully saturated rings. The fourth-order valence-corrected chi connectivity index (χ4v) is 0.146. The Labute approximate surface area is 51.0 Å². The predicted octanol–water partition coefficient (Wildman–Crippen LogP) is 0.554. The molecular formula is C5H8O2. The molecule has 0 rings (SSSR count). The standard InChI is InChI=1S/C5H8O2/c1-4(6)3-5(2)7/h3H2,1-2H3/i1D3,2D3. The van der Waals surface area contributed by atoms with E-state index >= 15 is 0 Å². The highest BCUT2D eigenvalue weighted by atomic mass is 16.1. The Bertz CT molecular complexity index is 200. The van der Waals surface area contributed by atoms with Crippen LogP contribution in [-0.2, 0) is 9.59 Å². The number of carbonyl (C=O) groups is 2. The molecule has 2 heteroatoms. The summed E-state index contributed by atoms with van der Waals surface area (Å²) in [6.45, 7) is -5.80. The lowest BCUT2D eigenvalue weighted by molar-refractivity contribution is -0.124. The lowest BCUT2D eigenvalue weighted by atomic mass is 10.2. The van der Waals surface area contributed by atoms with E-state index in [1.54, 1.807) is 0 Å². The van der Waals surface area contributed by atoms with E-state index in [9.17, 15) is 9.59 Å². The van der Waals surface area contributed by atoms with Gasteiger partial charge in [-0.25, -0.2) is 0 Å². The van der Waals surface area contributed by atoms with Gasteiger partial charge in [-0.15, -0.1) is 0 Å². The molecule has 0 aromatic heterocycles. The number of Topliss-reactive ketones (excluding diaryl/α,β-unsaturated/α-hetero) is 2. The summed E-state index contributed by atoms with van der Waals surface area (Å²) in [6.07, 6.45) is -1.06. The molecule has 0 saturated carbocycles. The van der Waals surface area contributed by atoms with Gasteiger partial charge in [-0.05, 0) is 13.7 Å². The summed E-state index contributed by atoms with van der Waals surface area (Å²) in [5.41, 5.74) is 0. The van der Waals surface area contributed by atoms with Crippen molar-refractivity contribution >= 4 is 11.6 Å². The highest BCUT2D eigenvalue weighted by molar-refractivity contribution is 5.96. The maximum absolute atomic E-state index is 10.7. The van der Waals surface area contributed by atoms with Crippen LogP contribution in [0.2, 0.25) is 0 Å². The fraction of sp³-hybridized carbons (Fsp3) is 0.600. The lowest BCUT2D eigenvalue weighted by Gasteiger charge is -1.81. The Morgan fingerprint density at radius 2 is 1.86 bits per heavy atom. The van der Waals surface area contributed by atoms with Crippen LogP contribution in [0.3, 0.4) is 0 Å². The van der Waals surface area contributed by atoms with E-state index in [-0.39, 0.29) is 0 Å². The lowest BCUT2D eigenvalue weighted by Crippen LogP contribution is -1.97. The van der Waals surface area contributed by atoms with Crippen LogP contribution in [0.15, 0.2) is 0 Å². The van der Waals surface area contributed by atoms with Gasteiger partial charge in [0.2, 0.25) is 0 Å². The van der Waals surface area contributed by atoms with Crippen molar-refractivity contribution < 1.29 is 17.8 Å². The van der Waals surface area contributed by atoms with Gasteiger partial charge in [-0.1, -0.05) is 0 Å². The predicted molar refractivity (Wildman–Crippen MR) is 26.0 cm³/mol. The van der Waals surface area contributed by atoms with Gasteiger partial charge in [0, 0.05) is 8.22 Å². The van der Waals surface area contributed by atoms with E-state index in [0.29, 0.717) is 0 Å². The van der Waals surface area contributed by atoms with Crippen molar-refractivity contribution in [2.75, 3.05) is 0 Å². The topological polar surface area (TPSA) is 34.1 Å². The number of rotatable bonds is 2. The third-order valence-corrected chi connectivity index (χ3v) is 0.321. The summed E-state index contributed by atoms with van der Waals surface area (Å²) in [6, 6.07) is 0. The molecule has 0 bridgehead atoms. The SMILES string of the molecule is [2H]C([2H])([2H])C(=O)CC(=O)C([2H])([2H])[2H]. The molecule has 0 N–H and O–H groups in total. The van der Waals surface area contributed by atoms with Crippen LogP contribution in [0.25, 0.3) is 0 Å². The van der Waals surface area contributed by atoms with E-state index < -0.39 is 31.7 Å². The van der Waals surface area contributed by atoms with E-state index in [0.717, 1.165) is 0 Å². The normalized spacial score (nSPS) is 24.6. The second-order valence-electron chi connectivity index (χ2n) is 1.02. The number of hydrogen-bond donors (Lipinski definition) is 0. The molecule has 0 aromatic carbocycles. The molecule has 0 aliphatic rings. The Hall–Kier alpha value is -0.660. The van der Waals surface area contributed by atoms with Crippen molar-refractivity contribution in [2.24, 2.45) is 0 Å². The summed E-state index contributed by atoms with van der Waals surface area (Å²) in [5.74, 6) is -2.68. The van der Waals surface area contributed by atoms with Crippen LogP contribution in [0.5, 0.6) is 0 Å². The molecule has 0 heterocycles. The van der Waals surface area contributed by atoms with Crippen molar-refractivity contribution in [3.8, 4) is 0 Å². The molecule has 0 aliphatic heterocycles. The smallest absolute Gasteiger partial charge is 0.137 e. The van der Waals surface area contributed by atoms with E-state index in [4.69, 9.17) is 8.22 Å². The zero-order valence-corrected chi connectivity index (χ0v) is 3.52. The molecule has 0 aromatic rings. The van der Waals surface area contributed by atoms with Gasteiger partial charge >= 0.3 is 0 Å². The quantitative estimate of drug-likeness (QED) is 0.482. The Kier molecular flexibility index (Phi) is 0.503. The van der Waals surface area contributed by atoms with Crippen molar-refractivity contribution in [3.05, 3.63) is 0 Å². The second-order valence-corrected chi connectivity index (χ2v) is 1.02. The van der Waals surface area contributed by atoms with Crippen molar-refractivity contribution in [1.82, 2.24) is 0 Å². The zero-order valence-electron chi connectivity index (χ0n) is 9.52. The molecule has 0 amide bonds. The summed E-state index contributed by atoms with van der Waals surface area (Å²) < 4.78 is 39.5. The summed E-state index contributed by atoms with van der Waals surface area (Å²) in [4.78, 5) is 21.4. The minimum Gasteiger partial charge on any atom is -0.300 e. The monoisotopic (exact) mass is 106 g/mol. The van der Waals surface area contributed by atoms with Crippen LogP contribution in [0, 0.1) is 0 Å². The van der Waals surface area contributed by atoms with Gasteiger partial charge in [0.25, 0.3) is 0 Å². The average Bonchev–Trinajstić information content (AvgIpc) is 1.82. The van der Waals surface area contributed by atoms with Crippen LogP contribution in [-0.4, -0.2) is 11.6 Å². The zero-order chi connectivity index (χ0) is 10.9. The first-order chi connectivity index (χ1) is 5.55. The molecule has 40 valence electrons. The molecule has 2 nitrogen and oxygen atoms in total. The second kappa shape index (κ2) is 2.50. The average molecular weight is 106 g/mol. The van der Waals surface area contributed by atoms with Gasteiger partial charge in [0.1, 0.15) is 11.6 Å². The third kappa shape index (κ3) is 5.34. The van der Waals surface area contributed by atoms with Gasteiger partial charge in [-0.3, -0.25) is 9.59 Å². The summed E-state index contributed by atoms with van der Waals surface area (Å²) in [7, 11) is 0. The minimum absolute atomic E-state index is 1.06. The molecule has 0 aliphatic carbocycles. The number of carbonyl (C=O) groups excluding carboxylic acids is 2. The van der Waals surface area contributed by atoms with Crippen LogP contribution < -0.4 is 0 Å². The Morgan fingerprint density at radius 1 is 1.43 bits per heavy atom. The molecule has 0 spiro atoms. The van der Waals surface area contributed by atoms with Gasteiger partial charge in [0.15, 0.2) is 0 Å². The Balaban J connectivity index is 4.34. The number of ketones is 2. The van der Waals surface area contributed by atoms with Crippen LogP contribution in [0.4, 0.5) is 0 Å². The maximum Gasteiger partial charge on any atom is 0.137 e. The van der Waals surface area contributed by atoms with E-state index in [1.807, 2.05) is 0 Å². The summed E-state index contributed by atoms with van der Waals surface area (Å²) >= 11 is 0. The van der Waals surface area contributed by atoms with Gasteiger partial charge in [0.05, 0.1) is 6.42 Å². The minimum atomic E-state index is -2.90. The van der Waals surface area contributed by atoms with Crippen LogP contribution >= 0.6 is 0 Å². The molecule has 0 radical (unpaired) electrons. The largest absolute Gasteiger partial charge is 0.300 e. The first-order valence-electron chi connectivity index (χ1n) is 4.62. The fourth-order valence-electron chi connectivity index (χ4n) is 0.146. The highest BCUT2D eigenvalue weighted by Gasteiger charge is 1.94. The van der Waals surface area contributed by atoms with E-state index in [1.165, 1.54) is 0 Å². The first-order valence-corrected chi connectivity index (χ1v) is 1.62. The number of hydrogen-bond acceptors (Lipinski definition) is 2. The molecule has 0 saturated heterocycles. The van der Waals surface area contributed by atoms with E-state index in [2.05, 4.69) is 0 Å². The van der Waals surface area contributed by atoms with Crippen molar-refractivity contribution in [3.63, 3.8) is 0 Å². The van der Waals surface area contributed by atoms with Crippen LogP contribution in [0.1, 0.15) is 28.3 Å². The maximum atomic E-state index is 10.7. The van der Waals surface area contributed by atoms with Crippen molar-refractivity contribution in [2.45, 2.75) is 20.1 Å². The van der Waals surface area contributed by atoms with Crippen molar-refractivity contribution in [1.29, 1.82) is 0 Å². The molecule has 0 atom stereocenters. The highest BCUT2D eigenvalue weighted by Crippen LogP contribution is 1.80.